The molecule has 0 spiro atoms. The Labute approximate surface area is 104 Å². The number of nitrogens with two attached hydrogens (primary N) is 1. The average molecular weight is 251 g/mol. The van der Waals surface area contributed by atoms with Gasteiger partial charge in [-0.15, -0.1) is 0 Å². The van der Waals surface area contributed by atoms with Crippen molar-refractivity contribution in [1.29, 1.82) is 0 Å². The third kappa shape index (κ3) is 2.84. The predicted molar refractivity (Wildman–Crippen MR) is 64.3 cm³/mol. The van der Waals surface area contributed by atoms with Gasteiger partial charge >= 0.3 is 0 Å². The van der Waals surface area contributed by atoms with E-state index in [9.17, 15) is 4.39 Å². The van der Waals surface area contributed by atoms with Crippen molar-refractivity contribution in [3.63, 3.8) is 0 Å². The molecule has 5 nitrogen and oxygen atoms in total. The molecular weight excluding hydrogens is 237 g/mol. The summed E-state index contributed by atoms with van der Waals surface area (Å²) in [5.74, 6) is 0.317. The SMILES string of the molecule is CCOCCc1noc(-c2ccc(N)c(F)c2)n1. The summed E-state index contributed by atoms with van der Waals surface area (Å²) in [6, 6.07) is 4.38. The molecule has 2 aromatic rings. The van der Waals surface area contributed by atoms with Crippen molar-refractivity contribution in [2.24, 2.45) is 0 Å². The number of nitrogen functional groups attached to an aromatic ring is 1. The van der Waals surface area contributed by atoms with Gasteiger partial charge in [-0.25, -0.2) is 4.39 Å². The number of rotatable bonds is 5. The van der Waals surface area contributed by atoms with Crippen molar-refractivity contribution in [1.82, 2.24) is 10.1 Å². The fourth-order valence-corrected chi connectivity index (χ4v) is 1.44. The maximum absolute atomic E-state index is 13.3. The van der Waals surface area contributed by atoms with Crippen LogP contribution in [0.4, 0.5) is 10.1 Å². The van der Waals surface area contributed by atoms with Crippen LogP contribution in [0.3, 0.4) is 0 Å². The van der Waals surface area contributed by atoms with E-state index in [1.165, 1.54) is 12.1 Å². The first kappa shape index (κ1) is 12.5. The predicted octanol–water partition coefficient (Wildman–Crippen LogP) is 2.04. The van der Waals surface area contributed by atoms with Crippen LogP contribution in [0, 0.1) is 5.82 Å². The lowest BCUT2D eigenvalue weighted by atomic mass is 10.2. The highest BCUT2D eigenvalue weighted by atomic mass is 19.1. The lowest BCUT2D eigenvalue weighted by Gasteiger charge is -1.97. The number of benzene rings is 1. The van der Waals surface area contributed by atoms with Crippen LogP contribution in [0.5, 0.6) is 0 Å². The second-order valence-electron chi connectivity index (χ2n) is 3.70. The van der Waals surface area contributed by atoms with E-state index < -0.39 is 5.82 Å². The number of anilines is 1. The molecule has 0 amide bonds. The summed E-state index contributed by atoms with van der Waals surface area (Å²) < 4.78 is 23.5. The van der Waals surface area contributed by atoms with E-state index in [-0.39, 0.29) is 11.6 Å². The molecule has 0 atom stereocenters. The van der Waals surface area contributed by atoms with Crippen molar-refractivity contribution in [2.75, 3.05) is 18.9 Å². The standard InChI is InChI=1S/C12H14FN3O2/c1-2-17-6-5-11-15-12(18-16-11)8-3-4-10(14)9(13)7-8/h3-4,7H,2,5-6,14H2,1H3. The average Bonchev–Trinajstić information content (AvgIpc) is 2.82. The molecule has 1 heterocycles. The van der Waals surface area contributed by atoms with Crippen molar-refractivity contribution >= 4 is 5.69 Å². The van der Waals surface area contributed by atoms with Crippen LogP contribution in [0.25, 0.3) is 11.5 Å². The van der Waals surface area contributed by atoms with E-state index in [0.29, 0.717) is 31.0 Å². The largest absolute Gasteiger partial charge is 0.396 e. The van der Waals surface area contributed by atoms with Gasteiger partial charge in [-0.2, -0.15) is 4.98 Å². The van der Waals surface area contributed by atoms with Gasteiger partial charge in [-0.05, 0) is 25.1 Å². The van der Waals surface area contributed by atoms with Crippen LogP contribution in [0.1, 0.15) is 12.7 Å². The number of aromatic nitrogens is 2. The normalized spacial score (nSPS) is 10.8. The monoisotopic (exact) mass is 251 g/mol. The van der Waals surface area contributed by atoms with E-state index in [2.05, 4.69) is 10.1 Å². The van der Waals surface area contributed by atoms with E-state index in [4.69, 9.17) is 15.0 Å². The molecule has 0 aliphatic carbocycles. The lowest BCUT2D eigenvalue weighted by molar-refractivity contribution is 0.149. The number of hydrogen-bond donors (Lipinski definition) is 1. The maximum Gasteiger partial charge on any atom is 0.258 e. The molecular formula is C12H14FN3O2. The van der Waals surface area contributed by atoms with Gasteiger partial charge in [0.05, 0.1) is 12.3 Å². The Morgan fingerprint density at radius 3 is 3.00 bits per heavy atom. The molecule has 0 saturated heterocycles. The van der Waals surface area contributed by atoms with Crippen molar-refractivity contribution in [2.45, 2.75) is 13.3 Å². The molecule has 0 radical (unpaired) electrons. The highest BCUT2D eigenvalue weighted by Crippen LogP contribution is 2.21. The van der Waals surface area contributed by atoms with E-state index >= 15 is 0 Å². The van der Waals surface area contributed by atoms with Crippen LogP contribution in [-0.2, 0) is 11.2 Å². The van der Waals surface area contributed by atoms with Crippen molar-refractivity contribution < 1.29 is 13.7 Å². The van der Waals surface area contributed by atoms with Gasteiger partial charge in [-0.1, -0.05) is 5.16 Å². The minimum Gasteiger partial charge on any atom is -0.396 e. The number of hydrogen-bond acceptors (Lipinski definition) is 5. The number of ether oxygens (including phenoxy) is 1. The topological polar surface area (TPSA) is 74.2 Å². The molecule has 1 aromatic carbocycles. The second-order valence-corrected chi connectivity index (χ2v) is 3.70. The Hall–Kier alpha value is -1.95. The summed E-state index contributed by atoms with van der Waals surface area (Å²) in [4.78, 5) is 4.16. The lowest BCUT2D eigenvalue weighted by Crippen LogP contribution is -1.99. The van der Waals surface area contributed by atoms with Gasteiger partial charge in [-0.3, -0.25) is 0 Å². The van der Waals surface area contributed by atoms with E-state index in [1.54, 1.807) is 6.07 Å². The minimum absolute atomic E-state index is 0.0924. The molecule has 0 fully saturated rings. The highest BCUT2D eigenvalue weighted by molar-refractivity contribution is 5.57. The first-order valence-electron chi connectivity index (χ1n) is 5.66. The summed E-state index contributed by atoms with van der Waals surface area (Å²) in [6.07, 6.45) is 0.564. The summed E-state index contributed by atoms with van der Waals surface area (Å²) >= 11 is 0. The number of nitrogens with zero attached hydrogens (tertiary/aromatic N) is 2. The molecule has 18 heavy (non-hydrogen) atoms. The molecule has 2 rings (SSSR count). The minimum atomic E-state index is -0.499. The molecule has 96 valence electrons. The molecule has 2 N–H and O–H groups in total. The molecule has 6 heteroatoms. The van der Waals surface area contributed by atoms with Crippen LogP contribution in [0.15, 0.2) is 22.7 Å². The van der Waals surface area contributed by atoms with E-state index in [1.807, 2.05) is 6.92 Å². The first-order chi connectivity index (χ1) is 8.70. The third-order valence-corrected chi connectivity index (χ3v) is 2.39. The Kier molecular flexibility index (Phi) is 3.88. The van der Waals surface area contributed by atoms with E-state index in [0.717, 1.165) is 0 Å². The second kappa shape index (κ2) is 5.59. The maximum atomic E-state index is 13.3. The highest BCUT2D eigenvalue weighted by Gasteiger charge is 2.10. The summed E-state index contributed by atoms with van der Waals surface area (Å²) in [6.45, 7) is 3.10. The van der Waals surface area contributed by atoms with Gasteiger partial charge in [0, 0.05) is 18.6 Å². The Morgan fingerprint density at radius 1 is 1.44 bits per heavy atom. The zero-order valence-corrected chi connectivity index (χ0v) is 10.0. The van der Waals surface area contributed by atoms with Gasteiger partial charge in [0.1, 0.15) is 5.82 Å². The van der Waals surface area contributed by atoms with Crippen molar-refractivity contribution in [3.8, 4) is 11.5 Å². The van der Waals surface area contributed by atoms with Gasteiger partial charge < -0.3 is 15.0 Å². The summed E-state index contributed by atoms with van der Waals surface area (Å²) in [5, 5.41) is 3.80. The smallest absolute Gasteiger partial charge is 0.258 e. The Balaban J connectivity index is 2.11. The molecule has 1 aromatic heterocycles. The van der Waals surface area contributed by atoms with Crippen LogP contribution >= 0.6 is 0 Å². The summed E-state index contributed by atoms with van der Waals surface area (Å²) in [7, 11) is 0. The third-order valence-electron chi connectivity index (χ3n) is 2.39. The fourth-order valence-electron chi connectivity index (χ4n) is 1.44. The van der Waals surface area contributed by atoms with Crippen molar-refractivity contribution in [3.05, 3.63) is 29.8 Å². The molecule has 0 bridgehead atoms. The van der Waals surface area contributed by atoms with Gasteiger partial charge in [0.2, 0.25) is 0 Å². The van der Waals surface area contributed by atoms with Gasteiger partial charge in [0.15, 0.2) is 5.82 Å². The molecule has 0 aliphatic rings. The first-order valence-corrected chi connectivity index (χ1v) is 5.66. The van der Waals surface area contributed by atoms with Crippen LogP contribution < -0.4 is 5.73 Å². The van der Waals surface area contributed by atoms with Crippen LogP contribution in [-0.4, -0.2) is 23.4 Å². The quantitative estimate of drug-likeness (QED) is 0.650. The fraction of sp³-hybridized carbons (Fsp3) is 0.333. The van der Waals surface area contributed by atoms with Gasteiger partial charge in [0.25, 0.3) is 5.89 Å². The van der Waals surface area contributed by atoms with Crippen LogP contribution in [0.2, 0.25) is 0 Å². The zero-order valence-electron chi connectivity index (χ0n) is 10.0. The molecule has 0 unspecified atom stereocenters. The molecule has 0 aliphatic heterocycles. The summed E-state index contributed by atoms with van der Waals surface area (Å²) in [5.41, 5.74) is 6.00. The Morgan fingerprint density at radius 2 is 2.28 bits per heavy atom. The Bertz CT molecular complexity index is 528. The zero-order chi connectivity index (χ0) is 13.0. The molecule has 0 saturated carbocycles. The number of halogens is 1.